The van der Waals surface area contributed by atoms with Gasteiger partial charge in [0, 0.05) is 11.3 Å². The first-order valence-electron chi connectivity index (χ1n) is 8.68. The van der Waals surface area contributed by atoms with E-state index in [1.54, 1.807) is 0 Å². The topological polar surface area (TPSA) is 112 Å². The molecular formula is C18H17F4N5O3. The zero-order chi connectivity index (χ0) is 21.7. The van der Waals surface area contributed by atoms with E-state index in [1.165, 1.54) is 6.07 Å². The number of nitrogens with one attached hydrogen (secondary N) is 1. The normalized spacial score (nSPS) is 18.8. The second kappa shape index (κ2) is 9.03. The smallest absolute Gasteiger partial charge is 0.275 e. The number of anilines is 1. The molecule has 1 aliphatic rings. The Kier molecular flexibility index (Phi) is 6.45. The van der Waals surface area contributed by atoms with Gasteiger partial charge in [0.15, 0.2) is 5.54 Å². The molecular weight excluding hydrogens is 410 g/mol. The number of alkyl halides is 3. The second-order valence-electron chi connectivity index (χ2n) is 6.25. The number of carbonyl (C=O) groups excluding carboxylic acids is 1. The molecule has 0 aliphatic carbocycles. The number of amides is 1. The predicted molar refractivity (Wildman–Crippen MR) is 98.0 cm³/mol. The summed E-state index contributed by atoms with van der Waals surface area (Å²) < 4.78 is 64.2. The fraction of sp³-hybridized carbons (Fsp3) is 0.333. The average Bonchev–Trinajstić information content (AvgIpc) is 2.73. The highest BCUT2D eigenvalue weighted by molar-refractivity contribution is 6.02. The van der Waals surface area contributed by atoms with Crippen molar-refractivity contribution in [2.75, 3.05) is 31.8 Å². The third-order valence-electron chi connectivity index (χ3n) is 4.15. The van der Waals surface area contributed by atoms with Gasteiger partial charge in [0.2, 0.25) is 5.88 Å². The minimum atomic E-state index is -3.11. The van der Waals surface area contributed by atoms with Gasteiger partial charge in [-0.25, -0.2) is 27.5 Å². The van der Waals surface area contributed by atoms with Crippen LogP contribution in [-0.2, 0) is 10.3 Å². The van der Waals surface area contributed by atoms with E-state index in [2.05, 4.69) is 20.3 Å². The predicted octanol–water partition coefficient (Wildman–Crippen LogP) is 2.06. The zero-order valence-electron chi connectivity index (χ0n) is 15.4. The van der Waals surface area contributed by atoms with E-state index in [1.807, 2.05) is 0 Å². The fourth-order valence-corrected chi connectivity index (χ4v) is 2.78. The van der Waals surface area contributed by atoms with Crippen LogP contribution in [0.1, 0.15) is 16.1 Å². The van der Waals surface area contributed by atoms with Crippen LogP contribution in [0.25, 0.3) is 0 Å². The van der Waals surface area contributed by atoms with Crippen LogP contribution >= 0.6 is 0 Å². The number of aliphatic imine (C=N–C) groups is 1. The maximum Gasteiger partial charge on any atom is 0.275 e. The van der Waals surface area contributed by atoms with E-state index in [9.17, 15) is 22.4 Å². The Morgan fingerprint density at radius 3 is 2.77 bits per heavy atom. The van der Waals surface area contributed by atoms with Gasteiger partial charge in [-0.05, 0) is 18.2 Å². The minimum Gasteiger partial charge on any atom is -0.474 e. The van der Waals surface area contributed by atoms with E-state index < -0.39 is 42.5 Å². The molecule has 0 spiro atoms. The molecule has 1 unspecified atom stereocenters. The lowest BCUT2D eigenvalue weighted by Gasteiger charge is -2.33. The Hall–Kier alpha value is -3.28. The Bertz CT molecular complexity index is 942. The number of amidine groups is 1. The maximum atomic E-state index is 14.4. The van der Waals surface area contributed by atoms with Crippen LogP contribution in [-0.4, -0.2) is 54.6 Å². The van der Waals surface area contributed by atoms with Crippen molar-refractivity contribution in [3.63, 3.8) is 0 Å². The molecule has 3 N–H and O–H groups in total. The summed E-state index contributed by atoms with van der Waals surface area (Å²) in [5, 5.41) is 2.42. The van der Waals surface area contributed by atoms with Gasteiger partial charge in [-0.2, -0.15) is 0 Å². The Morgan fingerprint density at radius 2 is 2.13 bits per heavy atom. The largest absolute Gasteiger partial charge is 0.474 e. The number of halogens is 4. The highest BCUT2D eigenvalue weighted by Gasteiger charge is 2.46. The molecule has 30 heavy (non-hydrogen) atoms. The summed E-state index contributed by atoms with van der Waals surface area (Å²) in [6.07, 6.45) is -0.892. The monoisotopic (exact) mass is 427 g/mol. The number of carbonyl (C=O) groups is 1. The molecule has 0 bridgehead atoms. The summed E-state index contributed by atoms with van der Waals surface area (Å²) in [5.41, 5.74) is 2.62. The molecule has 12 heteroatoms. The van der Waals surface area contributed by atoms with Crippen molar-refractivity contribution in [2.24, 2.45) is 10.7 Å². The van der Waals surface area contributed by atoms with Gasteiger partial charge in [0.1, 0.15) is 37.2 Å². The first-order valence-corrected chi connectivity index (χ1v) is 8.68. The summed E-state index contributed by atoms with van der Waals surface area (Å²) >= 11 is 0. The van der Waals surface area contributed by atoms with Crippen LogP contribution in [0.3, 0.4) is 0 Å². The first kappa shape index (κ1) is 21.4. The molecule has 2 heterocycles. The quantitative estimate of drug-likeness (QED) is 0.655. The van der Waals surface area contributed by atoms with Crippen molar-refractivity contribution in [1.29, 1.82) is 0 Å². The summed E-state index contributed by atoms with van der Waals surface area (Å²) in [6, 6.07) is 3.16. The summed E-state index contributed by atoms with van der Waals surface area (Å²) in [4.78, 5) is 23.8. The van der Waals surface area contributed by atoms with Crippen molar-refractivity contribution >= 4 is 17.4 Å². The molecule has 1 atom stereocenters. The lowest BCUT2D eigenvalue weighted by Crippen LogP contribution is -2.45. The van der Waals surface area contributed by atoms with Crippen LogP contribution in [0.15, 0.2) is 35.6 Å². The van der Waals surface area contributed by atoms with E-state index in [0.717, 1.165) is 24.5 Å². The van der Waals surface area contributed by atoms with Gasteiger partial charge >= 0.3 is 0 Å². The lowest BCUT2D eigenvalue weighted by molar-refractivity contribution is -0.0145. The number of hydrogen-bond acceptors (Lipinski definition) is 7. The minimum absolute atomic E-state index is 0.0234. The van der Waals surface area contributed by atoms with E-state index in [4.69, 9.17) is 15.2 Å². The van der Waals surface area contributed by atoms with Gasteiger partial charge in [-0.15, -0.1) is 0 Å². The van der Waals surface area contributed by atoms with E-state index in [-0.39, 0.29) is 36.3 Å². The second-order valence-corrected chi connectivity index (χ2v) is 6.25. The first-order chi connectivity index (χ1) is 14.4. The molecule has 8 nitrogen and oxygen atoms in total. The summed E-state index contributed by atoms with van der Waals surface area (Å²) in [7, 11) is 0. The van der Waals surface area contributed by atoms with Crippen LogP contribution < -0.4 is 15.8 Å². The number of hydrogen-bond donors (Lipinski definition) is 2. The number of ether oxygens (including phenoxy) is 2. The number of benzene rings is 1. The Labute approximate surface area is 168 Å². The molecule has 0 radical (unpaired) electrons. The van der Waals surface area contributed by atoms with Crippen LogP contribution in [0.4, 0.5) is 23.2 Å². The molecule has 1 aromatic carbocycles. The van der Waals surface area contributed by atoms with Crippen LogP contribution in [0.5, 0.6) is 5.88 Å². The fourth-order valence-electron chi connectivity index (χ4n) is 2.78. The molecule has 0 fully saturated rings. The maximum absolute atomic E-state index is 14.4. The SMILES string of the molecule is NC1=NC(c2cc(NC(=O)c3cnc(OCCF)cn3)ccc2F)(C(F)F)COC1. The average molecular weight is 427 g/mol. The van der Waals surface area contributed by atoms with Gasteiger partial charge in [-0.1, -0.05) is 0 Å². The molecule has 160 valence electrons. The van der Waals surface area contributed by atoms with Crippen LogP contribution in [0, 0.1) is 5.82 Å². The van der Waals surface area contributed by atoms with Gasteiger partial charge in [-0.3, -0.25) is 9.79 Å². The molecule has 1 aliphatic heterocycles. The molecule has 2 aromatic rings. The van der Waals surface area contributed by atoms with Crippen molar-refractivity contribution in [3.8, 4) is 5.88 Å². The lowest BCUT2D eigenvalue weighted by atomic mass is 9.90. The van der Waals surface area contributed by atoms with Crippen molar-refractivity contribution in [1.82, 2.24) is 9.97 Å². The third-order valence-corrected chi connectivity index (χ3v) is 4.15. The molecule has 0 saturated carbocycles. The van der Waals surface area contributed by atoms with Gasteiger partial charge in [0.05, 0.1) is 19.0 Å². The number of nitrogens with two attached hydrogens (primary N) is 1. The van der Waals surface area contributed by atoms with Crippen molar-refractivity contribution < 1.29 is 31.8 Å². The standard InChI is InChI=1S/C18H17F4N5O3/c19-3-4-30-15-7-24-13(6-25-15)16(28)26-10-1-2-12(20)11(5-10)18(17(21)22)9-29-8-14(23)27-18/h1-2,5-7,17H,3-4,8-9H2,(H2,23,27)(H,26,28). The van der Waals surface area contributed by atoms with Crippen molar-refractivity contribution in [2.45, 2.75) is 12.0 Å². The highest BCUT2D eigenvalue weighted by Crippen LogP contribution is 2.38. The number of aromatic nitrogens is 2. The van der Waals surface area contributed by atoms with E-state index >= 15 is 0 Å². The van der Waals surface area contributed by atoms with Crippen LogP contribution in [0.2, 0.25) is 0 Å². The summed E-state index contributed by atoms with van der Waals surface area (Å²) in [5.74, 6) is -1.85. The Balaban J connectivity index is 1.84. The van der Waals surface area contributed by atoms with Gasteiger partial charge < -0.3 is 20.5 Å². The number of nitrogens with zero attached hydrogens (tertiary/aromatic N) is 3. The van der Waals surface area contributed by atoms with Gasteiger partial charge in [0.25, 0.3) is 12.3 Å². The molecule has 1 aromatic heterocycles. The highest BCUT2D eigenvalue weighted by atomic mass is 19.3. The van der Waals surface area contributed by atoms with Crippen molar-refractivity contribution in [3.05, 3.63) is 47.7 Å². The molecule has 0 saturated heterocycles. The third kappa shape index (κ3) is 4.48. The molecule has 1 amide bonds. The Morgan fingerprint density at radius 1 is 1.33 bits per heavy atom. The zero-order valence-corrected chi connectivity index (χ0v) is 15.4. The molecule has 3 rings (SSSR count). The summed E-state index contributed by atoms with van der Waals surface area (Å²) in [6.45, 7) is -1.64. The van der Waals surface area contributed by atoms with E-state index in [0.29, 0.717) is 0 Å². The number of rotatable bonds is 7.